The van der Waals surface area contributed by atoms with Gasteiger partial charge in [-0.3, -0.25) is 14.8 Å². The summed E-state index contributed by atoms with van der Waals surface area (Å²) < 4.78 is 25.9. The maximum atomic E-state index is 13.6. The molecule has 0 bridgehead atoms. The zero-order valence-corrected chi connectivity index (χ0v) is 32.4. The number of carbonyl (C=O) groups is 1. The Labute approximate surface area is 345 Å². The number of nitrogens with two attached hydrogens (primary N) is 1. The molecule has 0 aliphatic carbocycles. The number of hydrogen-bond donors (Lipinski definition) is 4. The van der Waals surface area contributed by atoms with Crippen molar-refractivity contribution in [1.29, 1.82) is 0 Å². The van der Waals surface area contributed by atoms with Crippen molar-refractivity contribution in [2.24, 2.45) is 0 Å². The van der Waals surface area contributed by atoms with E-state index in [-0.39, 0.29) is 21.5 Å². The molecule has 0 saturated heterocycles. The number of nitrogen functional groups attached to an aromatic ring is 1. The Balaban J connectivity index is 0.000000173. The van der Waals surface area contributed by atoms with Gasteiger partial charge in [-0.05, 0) is 78.4 Å². The van der Waals surface area contributed by atoms with Gasteiger partial charge in [0.05, 0.1) is 21.1 Å². The van der Waals surface area contributed by atoms with E-state index < -0.39 is 17.7 Å². The Kier molecular flexibility index (Phi) is 14.9. The number of carbonyl (C=O) groups excluding carboxylic acids is 1. The molecule has 288 valence electrons. The Morgan fingerprint density at radius 3 is 1.81 bits per heavy atom. The summed E-state index contributed by atoms with van der Waals surface area (Å²) in [5, 5.41) is 26.7. The van der Waals surface area contributed by atoms with Crippen LogP contribution in [0.1, 0.15) is 27.5 Å². The summed E-state index contributed by atoms with van der Waals surface area (Å²) in [6.45, 7) is 0. The number of nitrogens with zero attached hydrogens (tertiary/aromatic N) is 4. The number of nitrogens with one attached hydrogen (secondary N) is 1. The Morgan fingerprint density at radius 2 is 1.23 bits per heavy atom. The van der Waals surface area contributed by atoms with Crippen LogP contribution in [0.3, 0.4) is 0 Å². The van der Waals surface area contributed by atoms with Crippen LogP contribution in [0.4, 0.5) is 20.4 Å². The highest BCUT2D eigenvalue weighted by Crippen LogP contribution is 2.38. The molecule has 0 aliphatic rings. The monoisotopic (exact) mass is 844 g/mol. The quantitative estimate of drug-likeness (QED) is 0.124. The predicted octanol–water partition coefficient (Wildman–Crippen LogP) is 11.5. The molecule has 8 rings (SSSR count). The van der Waals surface area contributed by atoms with E-state index >= 15 is 0 Å². The third-order valence-corrected chi connectivity index (χ3v) is 8.94. The van der Waals surface area contributed by atoms with Crippen molar-refractivity contribution in [2.75, 3.05) is 11.1 Å². The molecule has 5 N–H and O–H groups in total. The summed E-state index contributed by atoms with van der Waals surface area (Å²) in [5.41, 5.74) is 7.82. The van der Waals surface area contributed by atoms with Crippen molar-refractivity contribution in [3.05, 3.63) is 188 Å². The van der Waals surface area contributed by atoms with E-state index in [9.17, 15) is 23.8 Å². The van der Waals surface area contributed by atoms with E-state index in [1.54, 1.807) is 67.0 Å². The van der Waals surface area contributed by atoms with Crippen LogP contribution in [-0.4, -0.2) is 36.4 Å². The summed E-state index contributed by atoms with van der Waals surface area (Å²) in [4.78, 5) is 26.4. The number of phenols is 2. The van der Waals surface area contributed by atoms with Crippen LogP contribution in [0, 0.1) is 11.6 Å². The lowest BCUT2D eigenvalue weighted by atomic mass is 9.96. The molecule has 0 aliphatic heterocycles. The van der Waals surface area contributed by atoms with Gasteiger partial charge in [0, 0.05) is 51.7 Å². The molecular formula is C42H30Cl4F2N6O3. The van der Waals surface area contributed by atoms with Gasteiger partial charge in [-0.25, -0.2) is 18.7 Å². The largest absolute Gasteiger partial charge is 0.506 e. The lowest BCUT2D eigenvalue weighted by molar-refractivity contribution is 0.112. The van der Waals surface area contributed by atoms with Gasteiger partial charge in [-0.2, -0.15) is 0 Å². The summed E-state index contributed by atoms with van der Waals surface area (Å²) >= 11 is 23.2. The maximum absolute atomic E-state index is 13.6. The summed E-state index contributed by atoms with van der Waals surface area (Å²) in [5.74, 6) is 0.398. The van der Waals surface area contributed by atoms with Crippen molar-refractivity contribution in [1.82, 2.24) is 19.9 Å². The molecular weight excluding hydrogens is 816 g/mol. The second kappa shape index (κ2) is 20.2. The molecule has 0 fully saturated rings. The summed E-state index contributed by atoms with van der Waals surface area (Å²) in [6.07, 6.45) is 6.88. The van der Waals surface area contributed by atoms with Crippen molar-refractivity contribution < 1.29 is 23.8 Å². The summed E-state index contributed by atoms with van der Waals surface area (Å²) in [6, 6.07) is 30.4. The highest BCUT2D eigenvalue weighted by Gasteiger charge is 2.23. The molecule has 4 aromatic carbocycles. The fraction of sp³-hybridized carbons (Fsp3) is 0.0238. The maximum Gasteiger partial charge on any atom is 0.151 e. The topological polar surface area (TPSA) is 147 Å². The zero-order chi connectivity index (χ0) is 40.9. The molecule has 8 aromatic rings. The SMILES string of the molecule is Nc1ccc(Cl)cn1.O=Cc1ccc(F)cc1Cl.Oc1c(C(Nc2ccc(Cl)cn2)c2ccc(F)cc2Cl)ccc2cccnc12.Oc1cccc2cccnc12. The average Bonchev–Trinajstić information content (AvgIpc) is 3.21. The molecule has 4 aromatic heterocycles. The van der Waals surface area contributed by atoms with Gasteiger partial charge >= 0.3 is 0 Å². The Hall–Kier alpha value is -6.11. The molecule has 1 atom stereocenters. The highest BCUT2D eigenvalue weighted by atomic mass is 35.5. The number of phenolic OH excluding ortho intramolecular Hbond substituents is 2. The number of aromatic hydroxyl groups is 2. The van der Waals surface area contributed by atoms with Gasteiger partial charge in [-0.15, -0.1) is 0 Å². The van der Waals surface area contributed by atoms with Crippen molar-refractivity contribution in [3.8, 4) is 11.5 Å². The predicted molar refractivity (Wildman–Crippen MR) is 223 cm³/mol. The minimum absolute atomic E-state index is 0.0185. The normalized spacial score (nSPS) is 10.8. The van der Waals surface area contributed by atoms with E-state index in [1.165, 1.54) is 36.7 Å². The second-order valence-corrected chi connectivity index (χ2v) is 13.4. The molecule has 15 heteroatoms. The Bertz CT molecular complexity index is 2580. The van der Waals surface area contributed by atoms with Gasteiger partial charge in [0.15, 0.2) is 6.29 Å². The first-order valence-electron chi connectivity index (χ1n) is 16.6. The number of rotatable bonds is 5. The lowest BCUT2D eigenvalue weighted by Gasteiger charge is -2.23. The van der Waals surface area contributed by atoms with Gasteiger partial charge < -0.3 is 21.3 Å². The van der Waals surface area contributed by atoms with Crippen LogP contribution < -0.4 is 11.1 Å². The number of aldehydes is 1. The standard InChI is InChI=1S/C21H14Cl2FN3O.C9H7NO.C7H4ClFO.C5H5ClN2/c22-13-4-8-18(26-11-13)27-20(15-7-5-14(24)10-17(15)23)16-6-3-12-2-1-9-25-19(12)21(16)28;11-8-5-1-3-7-4-2-6-10-9(7)8;8-7-3-6(9)2-1-5(7)4-10;6-4-1-2-5(7)8-3-4/h1-11,20,28H,(H,26,27);1-6,11H;1-4H;1-3H,(H2,7,8). The number of anilines is 2. The van der Waals surface area contributed by atoms with E-state index in [4.69, 9.17) is 52.1 Å². The molecule has 4 heterocycles. The fourth-order valence-corrected chi connectivity index (χ4v) is 5.83. The molecule has 9 nitrogen and oxygen atoms in total. The summed E-state index contributed by atoms with van der Waals surface area (Å²) in [7, 11) is 0. The van der Waals surface area contributed by atoms with Gasteiger partial charge in [0.1, 0.15) is 45.8 Å². The van der Waals surface area contributed by atoms with Crippen LogP contribution in [0.15, 0.2) is 140 Å². The van der Waals surface area contributed by atoms with Gasteiger partial charge in [-0.1, -0.05) is 88.9 Å². The molecule has 57 heavy (non-hydrogen) atoms. The number of fused-ring (bicyclic) bond motifs is 2. The van der Waals surface area contributed by atoms with E-state index in [0.717, 1.165) is 16.8 Å². The van der Waals surface area contributed by atoms with Crippen LogP contribution in [0.5, 0.6) is 11.5 Å². The smallest absolute Gasteiger partial charge is 0.151 e. The fourth-order valence-electron chi connectivity index (χ4n) is 5.12. The van der Waals surface area contributed by atoms with Crippen LogP contribution in [0.2, 0.25) is 20.1 Å². The molecule has 1 unspecified atom stereocenters. The Morgan fingerprint density at radius 1 is 0.632 bits per heavy atom. The number of benzene rings is 4. The third-order valence-electron chi connectivity index (χ3n) is 7.83. The highest BCUT2D eigenvalue weighted by molar-refractivity contribution is 6.33. The van der Waals surface area contributed by atoms with Gasteiger partial charge in [0.2, 0.25) is 0 Å². The van der Waals surface area contributed by atoms with Crippen molar-refractivity contribution >= 4 is 86.1 Å². The number of para-hydroxylation sites is 1. The first-order valence-corrected chi connectivity index (χ1v) is 18.1. The van der Waals surface area contributed by atoms with E-state index in [0.29, 0.717) is 55.7 Å². The average molecular weight is 847 g/mol. The van der Waals surface area contributed by atoms with Crippen LogP contribution in [0.25, 0.3) is 21.8 Å². The number of halogens is 6. The van der Waals surface area contributed by atoms with Crippen LogP contribution in [-0.2, 0) is 0 Å². The molecule has 0 amide bonds. The minimum Gasteiger partial charge on any atom is -0.506 e. The number of pyridine rings is 4. The minimum atomic E-state index is -0.590. The lowest BCUT2D eigenvalue weighted by Crippen LogP contribution is -2.14. The second-order valence-electron chi connectivity index (χ2n) is 11.7. The first kappa shape index (κ1) is 42.0. The van der Waals surface area contributed by atoms with E-state index in [1.807, 2.05) is 30.3 Å². The van der Waals surface area contributed by atoms with Crippen molar-refractivity contribution in [2.45, 2.75) is 6.04 Å². The number of hydrogen-bond acceptors (Lipinski definition) is 9. The molecule has 0 saturated carbocycles. The zero-order valence-electron chi connectivity index (χ0n) is 29.4. The molecule has 0 radical (unpaired) electrons. The third kappa shape index (κ3) is 11.7. The van der Waals surface area contributed by atoms with E-state index in [2.05, 4.69) is 25.3 Å². The van der Waals surface area contributed by atoms with Crippen molar-refractivity contribution in [3.63, 3.8) is 0 Å². The van der Waals surface area contributed by atoms with Crippen LogP contribution >= 0.6 is 46.4 Å². The number of aromatic nitrogens is 4. The van der Waals surface area contributed by atoms with Gasteiger partial charge in [0.25, 0.3) is 0 Å². The molecule has 0 spiro atoms. The first-order chi connectivity index (χ1) is 27.4.